The monoisotopic (exact) mass is 280 g/mol. The molecule has 1 fully saturated rings. The number of nitrogens with zero attached hydrogens (tertiary/aromatic N) is 3. The van der Waals surface area contributed by atoms with Crippen LogP contribution in [0.2, 0.25) is 0 Å². The molecule has 2 heterocycles. The van der Waals surface area contributed by atoms with Crippen LogP contribution in [0.15, 0.2) is 53.5 Å². The van der Waals surface area contributed by atoms with E-state index in [0.717, 1.165) is 29.2 Å². The fraction of sp³-hybridized carbons (Fsp3) is 0.250. The van der Waals surface area contributed by atoms with Gasteiger partial charge >= 0.3 is 0 Å². The van der Waals surface area contributed by atoms with Gasteiger partial charge in [0.2, 0.25) is 0 Å². The zero-order valence-electron chi connectivity index (χ0n) is 11.6. The van der Waals surface area contributed by atoms with E-state index in [1.165, 1.54) is 19.2 Å². The summed E-state index contributed by atoms with van der Waals surface area (Å²) >= 11 is 0. The normalized spacial score (nSPS) is 14.5. The number of hydrogen-bond donors (Lipinski definition) is 1. The van der Waals surface area contributed by atoms with E-state index in [1.54, 1.807) is 0 Å². The van der Waals surface area contributed by atoms with Crippen LogP contribution in [0.4, 0.5) is 0 Å². The number of aromatic nitrogens is 3. The number of benzene rings is 1. The number of hydrogen-bond acceptors (Lipinski definition) is 4. The molecule has 0 unspecified atom stereocenters. The molecule has 0 aliphatic heterocycles. The van der Waals surface area contributed by atoms with Crippen LogP contribution in [0.1, 0.15) is 18.5 Å². The predicted molar refractivity (Wildman–Crippen MR) is 78.9 cm³/mol. The standard InChI is InChI=1S/C16H16N4O/c1-2-4-14(5-3-1)20-10-12(8-19-20)16-15(18-11-21-16)9-17-13-6-7-13/h1-5,8,10-11,13,17H,6-7,9H2. The fourth-order valence-electron chi connectivity index (χ4n) is 2.32. The van der Waals surface area contributed by atoms with E-state index in [4.69, 9.17) is 4.42 Å². The highest BCUT2D eigenvalue weighted by Gasteiger charge is 2.22. The van der Waals surface area contributed by atoms with Crippen molar-refractivity contribution in [2.24, 2.45) is 0 Å². The Balaban J connectivity index is 1.59. The van der Waals surface area contributed by atoms with E-state index in [0.29, 0.717) is 6.04 Å². The zero-order chi connectivity index (χ0) is 14.1. The average molecular weight is 280 g/mol. The van der Waals surface area contributed by atoms with Crippen molar-refractivity contribution >= 4 is 0 Å². The van der Waals surface area contributed by atoms with Crippen molar-refractivity contribution in [2.45, 2.75) is 25.4 Å². The Kier molecular flexibility index (Phi) is 3.05. The summed E-state index contributed by atoms with van der Waals surface area (Å²) in [5.74, 6) is 0.797. The van der Waals surface area contributed by atoms with Gasteiger partial charge in [-0.05, 0) is 25.0 Å². The van der Waals surface area contributed by atoms with E-state index in [9.17, 15) is 0 Å². The smallest absolute Gasteiger partial charge is 0.181 e. The van der Waals surface area contributed by atoms with Crippen molar-refractivity contribution in [3.05, 3.63) is 54.8 Å². The summed E-state index contributed by atoms with van der Waals surface area (Å²) in [5.41, 5.74) is 2.92. The Bertz CT molecular complexity index is 728. The lowest BCUT2D eigenvalue weighted by molar-refractivity contribution is 0.569. The second-order valence-electron chi connectivity index (χ2n) is 5.29. The van der Waals surface area contributed by atoms with Crippen molar-refractivity contribution in [1.29, 1.82) is 0 Å². The van der Waals surface area contributed by atoms with Crippen molar-refractivity contribution < 1.29 is 4.42 Å². The van der Waals surface area contributed by atoms with Crippen molar-refractivity contribution in [2.75, 3.05) is 0 Å². The molecule has 0 amide bonds. The molecule has 3 aromatic rings. The molecule has 1 aromatic carbocycles. The molecular weight excluding hydrogens is 264 g/mol. The highest BCUT2D eigenvalue weighted by molar-refractivity contribution is 5.58. The van der Waals surface area contributed by atoms with Gasteiger partial charge in [0, 0.05) is 18.8 Å². The van der Waals surface area contributed by atoms with Crippen molar-refractivity contribution in [3.8, 4) is 17.0 Å². The van der Waals surface area contributed by atoms with E-state index < -0.39 is 0 Å². The maximum Gasteiger partial charge on any atom is 0.181 e. The van der Waals surface area contributed by atoms with Gasteiger partial charge in [-0.2, -0.15) is 5.10 Å². The minimum absolute atomic E-state index is 0.654. The number of oxazole rings is 1. The molecule has 1 aliphatic carbocycles. The fourth-order valence-corrected chi connectivity index (χ4v) is 2.32. The van der Waals surface area contributed by atoms with Gasteiger partial charge in [-0.3, -0.25) is 0 Å². The first-order chi connectivity index (χ1) is 10.4. The van der Waals surface area contributed by atoms with E-state index in [-0.39, 0.29) is 0 Å². The van der Waals surface area contributed by atoms with E-state index in [2.05, 4.69) is 15.4 Å². The van der Waals surface area contributed by atoms with Gasteiger partial charge < -0.3 is 9.73 Å². The van der Waals surface area contributed by atoms with Gasteiger partial charge in [0.05, 0.1) is 17.4 Å². The quantitative estimate of drug-likeness (QED) is 0.780. The van der Waals surface area contributed by atoms with E-state index >= 15 is 0 Å². The van der Waals surface area contributed by atoms with Crippen molar-refractivity contribution in [1.82, 2.24) is 20.1 Å². The Morgan fingerprint density at radius 3 is 2.90 bits per heavy atom. The molecule has 1 N–H and O–H groups in total. The third-order valence-electron chi connectivity index (χ3n) is 3.64. The van der Waals surface area contributed by atoms with Crippen LogP contribution in [-0.2, 0) is 6.54 Å². The lowest BCUT2D eigenvalue weighted by atomic mass is 10.2. The summed E-state index contributed by atoms with van der Waals surface area (Å²) in [6, 6.07) is 10.7. The summed E-state index contributed by atoms with van der Waals surface area (Å²) in [6.07, 6.45) is 7.81. The molecule has 21 heavy (non-hydrogen) atoms. The molecule has 0 atom stereocenters. The van der Waals surface area contributed by atoms with Crippen molar-refractivity contribution in [3.63, 3.8) is 0 Å². The topological polar surface area (TPSA) is 55.9 Å². The molecule has 1 aliphatic rings. The Morgan fingerprint density at radius 1 is 1.24 bits per heavy atom. The third kappa shape index (κ3) is 2.60. The minimum Gasteiger partial charge on any atom is -0.443 e. The minimum atomic E-state index is 0.654. The summed E-state index contributed by atoms with van der Waals surface area (Å²) in [4.78, 5) is 4.31. The summed E-state index contributed by atoms with van der Waals surface area (Å²) in [5, 5.41) is 7.86. The number of rotatable bonds is 5. The summed E-state index contributed by atoms with van der Waals surface area (Å²) in [6.45, 7) is 0.743. The SMILES string of the molecule is c1ccc(-n2cc(-c3ocnc3CNC3CC3)cn2)cc1. The van der Waals surface area contributed by atoms with Gasteiger partial charge in [-0.15, -0.1) is 0 Å². The molecular formula is C16H16N4O. The predicted octanol–water partition coefficient (Wildman–Crippen LogP) is 2.78. The first kappa shape index (κ1) is 12.3. The molecule has 0 spiro atoms. The second kappa shape index (κ2) is 5.18. The van der Waals surface area contributed by atoms with Gasteiger partial charge in [0.25, 0.3) is 0 Å². The highest BCUT2D eigenvalue weighted by Crippen LogP contribution is 2.25. The molecule has 4 rings (SSSR count). The molecule has 0 bridgehead atoms. The zero-order valence-corrected chi connectivity index (χ0v) is 11.6. The molecule has 1 saturated carbocycles. The first-order valence-electron chi connectivity index (χ1n) is 7.16. The van der Waals surface area contributed by atoms with Crippen LogP contribution in [0.3, 0.4) is 0 Å². The van der Waals surface area contributed by atoms with Crippen LogP contribution in [0.5, 0.6) is 0 Å². The number of para-hydroxylation sites is 1. The van der Waals surface area contributed by atoms with Gasteiger partial charge in [0.1, 0.15) is 5.69 Å². The molecule has 5 heteroatoms. The van der Waals surface area contributed by atoms with Gasteiger partial charge in [-0.1, -0.05) is 18.2 Å². The third-order valence-corrected chi connectivity index (χ3v) is 3.64. The first-order valence-corrected chi connectivity index (χ1v) is 7.16. The molecule has 106 valence electrons. The maximum atomic E-state index is 5.55. The average Bonchev–Trinajstić information content (AvgIpc) is 3.03. The van der Waals surface area contributed by atoms with Crippen LogP contribution >= 0.6 is 0 Å². The summed E-state index contributed by atoms with van der Waals surface area (Å²) < 4.78 is 7.39. The van der Waals surface area contributed by atoms with Crippen LogP contribution < -0.4 is 5.32 Å². The Hall–Kier alpha value is -2.40. The summed E-state index contributed by atoms with van der Waals surface area (Å²) in [7, 11) is 0. The van der Waals surface area contributed by atoms with Crippen LogP contribution in [-0.4, -0.2) is 20.8 Å². The van der Waals surface area contributed by atoms with Gasteiger partial charge in [0.15, 0.2) is 12.2 Å². The lowest BCUT2D eigenvalue weighted by Gasteiger charge is -2.01. The van der Waals surface area contributed by atoms with E-state index in [1.807, 2.05) is 47.4 Å². The second-order valence-corrected chi connectivity index (χ2v) is 5.29. The number of nitrogens with one attached hydrogen (secondary N) is 1. The molecule has 0 saturated heterocycles. The Morgan fingerprint density at radius 2 is 2.10 bits per heavy atom. The Labute approximate surface area is 122 Å². The highest BCUT2D eigenvalue weighted by atomic mass is 16.3. The van der Waals surface area contributed by atoms with Crippen LogP contribution in [0.25, 0.3) is 17.0 Å². The molecule has 5 nitrogen and oxygen atoms in total. The van der Waals surface area contributed by atoms with Gasteiger partial charge in [-0.25, -0.2) is 9.67 Å². The molecule has 0 radical (unpaired) electrons. The lowest BCUT2D eigenvalue weighted by Crippen LogP contribution is -2.15. The maximum absolute atomic E-state index is 5.55. The van der Waals surface area contributed by atoms with Crippen LogP contribution in [0, 0.1) is 0 Å². The molecule has 2 aromatic heterocycles. The largest absolute Gasteiger partial charge is 0.443 e.